The second-order valence-corrected chi connectivity index (χ2v) is 4.42. The van der Waals surface area contributed by atoms with E-state index in [1.54, 1.807) is 0 Å². The quantitative estimate of drug-likeness (QED) is 0.702. The van der Waals surface area contributed by atoms with Gasteiger partial charge >= 0.3 is 12.1 Å². The van der Waals surface area contributed by atoms with E-state index in [1.165, 1.54) is 0 Å². The average Bonchev–Trinajstić information content (AvgIpc) is 2.76. The Kier molecular flexibility index (Phi) is 3.28. The van der Waals surface area contributed by atoms with Gasteiger partial charge in [-0.15, -0.1) is 0 Å². The summed E-state index contributed by atoms with van der Waals surface area (Å²) in [5, 5.41) is 11.3. The van der Waals surface area contributed by atoms with Crippen LogP contribution in [0.4, 0.5) is 4.79 Å². The Morgan fingerprint density at radius 2 is 2.44 bits per heavy atom. The molecule has 0 aromatic rings. The van der Waals surface area contributed by atoms with Gasteiger partial charge in [-0.1, -0.05) is 0 Å². The van der Waals surface area contributed by atoms with E-state index in [4.69, 9.17) is 9.84 Å². The zero-order valence-electron chi connectivity index (χ0n) is 9.02. The highest BCUT2D eigenvalue weighted by molar-refractivity contribution is 5.69. The number of rotatable bonds is 4. The molecule has 6 heteroatoms. The van der Waals surface area contributed by atoms with Crippen LogP contribution in [0.2, 0.25) is 0 Å². The number of cyclic esters (lactones) is 1. The molecule has 2 rings (SSSR count). The zero-order valence-corrected chi connectivity index (χ0v) is 9.02. The standard InChI is InChI=1S/C10H16N2O4/c13-9(14)3-7-1-2-12(5-7)6-8-4-11-10(15)16-8/h7-8H,1-6H2,(H,11,15)(H,13,14). The molecule has 0 aromatic carbocycles. The second kappa shape index (κ2) is 4.69. The highest BCUT2D eigenvalue weighted by atomic mass is 16.6. The summed E-state index contributed by atoms with van der Waals surface area (Å²) in [6.07, 6.45) is 0.710. The van der Waals surface area contributed by atoms with Crippen molar-refractivity contribution in [2.75, 3.05) is 26.2 Å². The molecule has 1 amide bonds. The highest BCUT2D eigenvalue weighted by Crippen LogP contribution is 2.20. The predicted molar refractivity (Wildman–Crippen MR) is 55.1 cm³/mol. The molecule has 2 N–H and O–H groups in total. The Morgan fingerprint density at radius 1 is 1.62 bits per heavy atom. The topological polar surface area (TPSA) is 78.9 Å². The summed E-state index contributed by atoms with van der Waals surface area (Å²) in [5.74, 6) is -0.497. The maximum Gasteiger partial charge on any atom is 0.407 e. The van der Waals surface area contributed by atoms with Crippen molar-refractivity contribution in [1.82, 2.24) is 10.2 Å². The van der Waals surface area contributed by atoms with Gasteiger partial charge in [-0.2, -0.15) is 0 Å². The van der Waals surface area contributed by atoms with Gasteiger partial charge in [0.15, 0.2) is 0 Å². The number of hydrogen-bond donors (Lipinski definition) is 2. The molecule has 2 fully saturated rings. The van der Waals surface area contributed by atoms with Crippen molar-refractivity contribution in [2.24, 2.45) is 5.92 Å². The molecule has 2 heterocycles. The van der Waals surface area contributed by atoms with Crippen molar-refractivity contribution in [2.45, 2.75) is 18.9 Å². The third-order valence-electron chi connectivity index (χ3n) is 3.04. The third kappa shape index (κ3) is 2.85. The van der Waals surface area contributed by atoms with Gasteiger partial charge in [0.2, 0.25) is 0 Å². The number of amides is 1. The lowest BCUT2D eigenvalue weighted by Gasteiger charge is -2.18. The predicted octanol–water partition coefficient (Wildman–Crippen LogP) is -0.109. The van der Waals surface area contributed by atoms with Gasteiger partial charge < -0.3 is 15.2 Å². The van der Waals surface area contributed by atoms with Crippen LogP contribution in [0.3, 0.4) is 0 Å². The fourth-order valence-electron chi connectivity index (χ4n) is 2.31. The second-order valence-electron chi connectivity index (χ2n) is 4.42. The van der Waals surface area contributed by atoms with E-state index >= 15 is 0 Å². The average molecular weight is 228 g/mol. The van der Waals surface area contributed by atoms with E-state index in [0.29, 0.717) is 13.1 Å². The van der Waals surface area contributed by atoms with Gasteiger partial charge in [-0.25, -0.2) is 4.79 Å². The normalized spacial score (nSPS) is 30.1. The van der Waals surface area contributed by atoms with E-state index in [9.17, 15) is 9.59 Å². The van der Waals surface area contributed by atoms with E-state index in [-0.39, 0.29) is 24.5 Å². The molecule has 0 radical (unpaired) electrons. The van der Waals surface area contributed by atoms with Crippen LogP contribution in [0.1, 0.15) is 12.8 Å². The van der Waals surface area contributed by atoms with Crippen molar-refractivity contribution < 1.29 is 19.4 Å². The fourth-order valence-corrected chi connectivity index (χ4v) is 2.31. The first-order valence-corrected chi connectivity index (χ1v) is 5.52. The molecule has 6 nitrogen and oxygen atoms in total. The van der Waals surface area contributed by atoms with Crippen molar-refractivity contribution in [3.05, 3.63) is 0 Å². The number of likely N-dealkylation sites (tertiary alicyclic amines) is 1. The largest absolute Gasteiger partial charge is 0.481 e. The van der Waals surface area contributed by atoms with Crippen LogP contribution in [-0.2, 0) is 9.53 Å². The summed E-state index contributed by atoms with van der Waals surface area (Å²) >= 11 is 0. The SMILES string of the molecule is O=C(O)CC1CCN(CC2CNC(=O)O2)C1. The maximum atomic E-state index is 10.8. The molecule has 0 aliphatic carbocycles. The molecule has 2 saturated heterocycles. The lowest BCUT2D eigenvalue weighted by Crippen LogP contribution is -2.32. The number of ether oxygens (including phenoxy) is 1. The molecule has 90 valence electrons. The first kappa shape index (κ1) is 11.2. The minimum absolute atomic E-state index is 0.0870. The van der Waals surface area contributed by atoms with Crippen LogP contribution >= 0.6 is 0 Å². The van der Waals surface area contributed by atoms with E-state index in [2.05, 4.69) is 10.2 Å². The third-order valence-corrected chi connectivity index (χ3v) is 3.04. The maximum absolute atomic E-state index is 10.8. The molecule has 0 spiro atoms. The number of nitrogens with one attached hydrogen (secondary N) is 1. The van der Waals surface area contributed by atoms with Gasteiger partial charge in [0.05, 0.1) is 6.54 Å². The monoisotopic (exact) mass is 228 g/mol. The van der Waals surface area contributed by atoms with Crippen molar-refractivity contribution in [3.8, 4) is 0 Å². The summed E-state index contributed by atoms with van der Waals surface area (Å²) in [6.45, 7) is 2.94. The van der Waals surface area contributed by atoms with Gasteiger partial charge in [0.1, 0.15) is 6.10 Å². The summed E-state index contributed by atoms with van der Waals surface area (Å²) < 4.78 is 5.03. The number of carboxylic acid groups (broad SMARTS) is 1. The van der Waals surface area contributed by atoms with Crippen LogP contribution in [0.15, 0.2) is 0 Å². The van der Waals surface area contributed by atoms with Gasteiger partial charge in [-0.3, -0.25) is 9.69 Å². The van der Waals surface area contributed by atoms with Crippen molar-refractivity contribution in [1.29, 1.82) is 0 Å². The van der Waals surface area contributed by atoms with E-state index in [1.807, 2.05) is 0 Å². The fraction of sp³-hybridized carbons (Fsp3) is 0.800. The first-order valence-electron chi connectivity index (χ1n) is 5.52. The van der Waals surface area contributed by atoms with Crippen LogP contribution in [-0.4, -0.2) is 54.4 Å². The van der Waals surface area contributed by atoms with Crippen LogP contribution in [0.5, 0.6) is 0 Å². The van der Waals surface area contributed by atoms with Crippen molar-refractivity contribution >= 4 is 12.1 Å². The molecule has 2 atom stereocenters. The Labute approximate surface area is 93.6 Å². The van der Waals surface area contributed by atoms with E-state index in [0.717, 1.165) is 19.5 Å². The summed E-state index contributed by atoms with van der Waals surface area (Å²) in [7, 11) is 0. The molecule has 0 bridgehead atoms. The number of alkyl carbamates (subject to hydrolysis) is 1. The number of carbonyl (C=O) groups is 2. The van der Waals surface area contributed by atoms with Crippen molar-refractivity contribution in [3.63, 3.8) is 0 Å². The summed E-state index contributed by atoms with van der Waals surface area (Å²) in [6, 6.07) is 0. The Hall–Kier alpha value is -1.30. The van der Waals surface area contributed by atoms with Gasteiger partial charge in [0.25, 0.3) is 0 Å². The Bertz CT molecular complexity index is 295. The highest BCUT2D eigenvalue weighted by Gasteiger charge is 2.29. The minimum Gasteiger partial charge on any atom is -0.481 e. The molecule has 0 aromatic heterocycles. The molecular weight excluding hydrogens is 212 g/mol. The van der Waals surface area contributed by atoms with Gasteiger partial charge in [0, 0.05) is 19.5 Å². The van der Waals surface area contributed by atoms with E-state index < -0.39 is 5.97 Å². The molecule has 16 heavy (non-hydrogen) atoms. The minimum atomic E-state index is -0.735. The number of aliphatic carboxylic acids is 1. The number of carbonyl (C=O) groups excluding carboxylic acids is 1. The van der Waals surface area contributed by atoms with Crippen LogP contribution in [0.25, 0.3) is 0 Å². The lowest BCUT2D eigenvalue weighted by atomic mass is 10.1. The summed E-state index contributed by atoms with van der Waals surface area (Å²) in [4.78, 5) is 23.5. The van der Waals surface area contributed by atoms with Gasteiger partial charge in [-0.05, 0) is 18.9 Å². The number of nitrogens with zero attached hydrogens (tertiary/aromatic N) is 1. The van der Waals surface area contributed by atoms with Crippen LogP contribution < -0.4 is 5.32 Å². The molecule has 2 aliphatic heterocycles. The summed E-state index contributed by atoms with van der Waals surface area (Å²) in [5.41, 5.74) is 0. The Morgan fingerprint density at radius 3 is 3.06 bits per heavy atom. The molecule has 0 saturated carbocycles. The molecule has 2 unspecified atom stereocenters. The zero-order chi connectivity index (χ0) is 11.5. The molecular formula is C10H16N2O4. The number of hydrogen-bond acceptors (Lipinski definition) is 4. The van der Waals surface area contributed by atoms with Crippen LogP contribution in [0, 0.1) is 5.92 Å². The molecule has 2 aliphatic rings. The smallest absolute Gasteiger partial charge is 0.407 e. The number of carboxylic acids is 1. The Balaban J connectivity index is 1.72. The first-order chi connectivity index (χ1) is 7.63. The lowest BCUT2D eigenvalue weighted by molar-refractivity contribution is -0.138.